The van der Waals surface area contributed by atoms with Crippen molar-refractivity contribution in [2.24, 2.45) is 0 Å². The number of aromatic nitrogens is 2. The SMILES string of the molecule is CCCc1c(-c2ccc(O)cc2)nn(-c2ccccc2)c1-c1ccc(O)cc1. The molecule has 3 aromatic carbocycles. The van der Waals surface area contributed by atoms with E-state index >= 15 is 0 Å². The van der Waals surface area contributed by atoms with Gasteiger partial charge in [0.15, 0.2) is 0 Å². The molecule has 0 unspecified atom stereocenters. The molecule has 0 radical (unpaired) electrons. The van der Waals surface area contributed by atoms with Crippen molar-refractivity contribution in [3.8, 4) is 39.7 Å². The minimum absolute atomic E-state index is 0.238. The molecule has 0 atom stereocenters. The Balaban J connectivity index is 2.00. The number of phenolic OH excluding ortho intramolecular Hbond substituents is 2. The summed E-state index contributed by atoms with van der Waals surface area (Å²) in [5.74, 6) is 0.479. The van der Waals surface area contributed by atoms with Crippen LogP contribution < -0.4 is 0 Å². The third kappa shape index (κ3) is 3.37. The van der Waals surface area contributed by atoms with Crippen molar-refractivity contribution in [3.05, 3.63) is 84.4 Å². The lowest BCUT2D eigenvalue weighted by Gasteiger charge is -2.10. The van der Waals surface area contributed by atoms with Gasteiger partial charge in [-0.25, -0.2) is 4.68 Å². The van der Waals surface area contributed by atoms with Crippen LogP contribution in [0.2, 0.25) is 0 Å². The Kier molecular flexibility index (Phi) is 4.85. The maximum Gasteiger partial charge on any atom is 0.115 e. The lowest BCUT2D eigenvalue weighted by Crippen LogP contribution is -1.99. The predicted molar refractivity (Wildman–Crippen MR) is 112 cm³/mol. The molecule has 0 aliphatic carbocycles. The third-order valence-corrected chi connectivity index (χ3v) is 4.77. The van der Waals surface area contributed by atoms with Gasteiger partial charge in [-0.3, -0.25) is 0 Å². The normalized spacial score (nSPS) is 10.9. The number of rotatable bonds is 5. The van der Waals surface area contributed by atoms with Crippen molar-refractivity contribution in [1.82, 2.24) is 9.78 Å². The van der Waals surface area contributed by atoms with E-state index in [4.69, 9.17) is 5.10 Å². The molecule has 0 saturated heterocycles. The molecule has 4 rings (SSSR count). The van der Waals surface area contributed by atoms with Crippen LogP contribution in [0.3, 0.4) is 0 Å². The van der Waals surface area contributed by atoms with Gasteiger partial charge >= 0.3 is 0 Å². The van der Waals surface area contributed by atoms with E-state index in [1.54, 1.807) is 24.3 Å². The number of phenols is 2. The Morgan fingerprint density at radius 3 is 1.89 bits per heavy atom. The van der Waals surface area contributed by atoms with E-state index in [0.717, 1.165) is 46.6 Å². The third-order valence-electron chi connectivity index (χ3n) is 4.77. The highest BCUT2D eigenvalue weighted by Crippen LogP contribution is 2.36. The average molecular weight is 370 g/mol. The summed E-state index contributed by atoms with van der Waals surface area (Å²) in [5, 5.41) is 24.4. The fourth-order valence-corrected chi connectivity index (χ4v) is 3.46. The van der Waals surface area contributed by atoms with Crippen LogP contribution in [0.25, 0.3) is 28.2 Å². The Hall–Kier alpha value is -3.53. The highest BCUT2D eigenvalue weighted by atomic mass is 16.3. The molecule has 0 aliphatic heterocycles. The highest BCUT2D eigenvalue weighted by Gasteiger charge is 2.21. The van der Waals surface area contributed by atoms with Gasteiger partial charge < -0.3 is 10.2 Å². The van der Waals surface area contributed by atoms with Crippen LogP contribution in [-0.2, 0) is 6.42 Å². The maximum absolute atomic E-state index is 9.73. The zero-order valence-corrected chi connectivity index (χ0v) is 15.7. The minimum atomic E-state index is 0.238. The van der Waals surface area contributed by atoms with Crippen LogP contribution in [0.1, 0.15) is 18.9 Å². The van der Waals surface area contributed by atoms with Crippen LogP contribution in [0, 0.1) is 0 Å². The van der Waals surface area contributed by atoms with Crippen molar-refractivity contribution < 1.29 is 10.2 Å². The summed E-state index contributed by atoms with van der Waals surface area (Å²) < 4.78 is 1.97. The molecular formula is C24H22N2O2. The Bertz CT molecular complexity index is 1070. The summed E-state index contributed by atoms with van der Waals surface area (Å²) in [4.78, 5) is 0. The standard InChI is InChI=1S/C24H22N2O2/c1-2-6-22-23(17-9-13-20(27)14-10-17)25-26(19-7-4-3-5-8-19)24(22)18-11-15-21(28)16-12-18/h3-5,7-16,27-28H,2,6H2,1H3. The molecule has 0 spiro atoms. The molecule has 0 bridgehead atoms. The largest absolute Gasteiger partial charge is 0.508 e. The van der Waals surface area contributed by atoms with Crippen LogP contribution in [-0.4, -0.2) is 20.0 Å². The number of nitrogens with zero attached hydrogens (tertiary/aromatic N) is 2. The van der Waals surface area contributed by atoms with E-state index in [9.17, 15) is 10.2 Å². The summed E-state index contributed by atoms with van der Waals surface area (Å²) in [6, 6.07) is 24.5. The first-order valence-corrected chi connectivity index (χ1v) is 9.43. The smallest absolute Gasteiger partial charge is 0.115 e. The van der Waals surface area contributed by atoms with E-state index in [1.807, 2.05) is 59.3 Å². The molecule has 0 amide bonds. The molecule has 28 heavy (non-hydrogen) atoms. The number of benzene rings is 3. The van der Waals surface area contributed by atoms with Crippen LogP contribution in [0.4, 0.5) is 0 Å². The number of para-hydroxylation sites is 1. The van der Waals surface area contributed by atoms with Crippen molar-refractivity contribution in [2.75, 3.05) is 0 Å². The predicted octanol–water partition coefficient (Wildman–Crippen LogP) is 5.57. The number of hydrogen-bond acceptors (Lipinski definition) is 3. The number of hydrogen-bond donors (Lipinski definition) is 2. The Morgan fingerprint density at radius 2 is 1.32 bits per heavy atom. The second-order valence-corrected chi connectivity index (χ2v) is 6.77. The van der Waals surface area contributed by atoms with Gasteiger partial charge in [-0.1, -0.05) is 31.5 Å². The van der Waals surface area contributed by atoms with Gasteiger partial charge in [-0.2, -0.15) is 5.10 Å². The van der Waals surface area contributed by atoms with Crippen LogP contribution >= 0.6 is 0 Å². The second-order valence-electron chi connectivity index (χ2n) is 6.77. The lowest BCUT2D eigenvalue weighted by atomic mass is 9.98. The lowest BCUT2D eigenvalue weighted by molar-refractivity contribution is 0.475. The zero-order chi connectivity index (χ0) is 19.5. The molecule has 0 aliphatic rings. The fourth-order valence-electron chi connectivity index (χ4n) is 3.46. The quantitative estimate of drug-likeness (QED) is 0.483. The molecule has 140 valence electrons. The molecule has 4 aromatic rings. The average Bonchev–Trinajstić information content (AvgIpc) is 3.09. The van der Waals surface area contributed by atoms with E-state index in [1.165, 1.54) is 0 Å². The molecule has 2 N–H and O–H groups in total. The first-order valence-electron chi connectivity index (χ1n) is 9.43. The second kappa shape index (κ2) is 7.61. The first kappa shape index (κ1) is 17.9. The minimum Gasteiger partial charge on any atom is -0.508 e. The molecule has 1 heterocycles. The van der Waals surface area contributed by atoms with Crippen LogP contribution in [0.15, 0.2) is 78.9 Å². The van der Waals surface area contributed by atoms with Gasteiger partial charge in [0.05, 0.1) is 17.1 Å². The van der Waals surface area contributed by atoms with Gasteiger partial charge in [-0.05, 0) is 67.1 Å². The molecule has 0 fully saturated rings. The van der Waals surface area contributed by atoms with Crippen molar-refractivity contribution >= 4 is 0 Å². The molecule has 1 aromatic heterocycles. The molecule has 0 saturated carbocycles. The van der Waals surface area contributed by atoms with E-state index in [2.05, 4.69) is 6.92 Å². The summed E-state index contributed by atoms with van der Waals surface area (Å²) in [7, 11) is 0. The highest BCUT2D eigenvalue weighted by molar-refractivity contribution is 5.76. The fraction of sp³-hybridized carbons (Fsp3) is 0.125. The van der Waals surface area contributed by atoms with Gasteiger partial charge in [0.1, 0.15) is 11.5 Å². The summed E-state index contributed by atoms with van der Waals surface area (Å²) in [6.45, 7) is 2.15. The molecule has 4 heteroatoms. The van der Waals surface area contributed by atoms with E-state index in [-0.39, 0.29) is 11.5 Å². The summed E-state index contributed by atoms with van der Waals surface area (Å²) in [5.41, 5.74) is 6.04. The zero-order valence-electron chi connectivity index (χ0n) is 15.7. The Labute approximate surface area is 164 Å². The van der Waals surface area contributed by atoms with Gasteiger partial charge in [0.25, 0.3) is 0 Å². The van der Waals surface area contributed by atoms with E-state index in [0.29, 0.717) is 0 Å². The summed E-state index contributed by atoms with van der Waals surface area (Å²) >= 11 is 0. The number of aromatic hydroxyl groups is 2. The first-order chi connectivity index (χ1) is 13.7. The van der Waals surface area contributed by atoms with Crippen molar-refractivity contribution in [1.29, 1.82) is 0 Å². The van der Waals surface area contributed by atoms with E-state index < -0.39 is 0 Å². The maximum atomic E-state index is 9.73. The van der Waals surface area contributed by atoms with Gasteiger partial charge in [0, 0.05) is 16.7 Å². The molecular weight excluding hydrogens is 348 g/mol. The molecule has 4 nitrogen and oxygen atoms in total. The van der Waals surface area contributed by atoms with Gasteiger partial charge in [-0.15, -0.1) is 0 Å². The monoisotopic (exact) mass is 370 g/mol. The Morgan fingerprint density at radius 1 is 0.750 bits per heavy atom. The van der Waals surface area contributed by atoms with Crippen LogP contribution in [0.5, 0.6) is 11.5 Å². The topological polar surface area (TPSA) is 58.3 Å². The summed E-state index contributed by atoms with van der Waals surface area (Å²) in [6.07, 6.45) is 1.86. The van der Waals surface area contributed by atoms with Crippen molar-refractivity contribution in [2.45, 2.75) is 19.8 Å². The van der Waals surface area contributed by atoms with Crippen molar-refractivity contribution in [3.63, 3.8) is 0 Å². The van der Waals surface area contributed by atoms with Gasteiger partial charge in [0.2, 0.25) is 0 Å².